The fourth-order valence-corrected chi connectivity index (χ4v) is 2.41. The van der Waals surface area contributed by atoms with Gasteiger partial charge in [-0.2, -0.15) is 0 Å². The Hall–Kier alpha value is -2.14. The maximum absolute atomic E-state index is 11.8. The van der Waals surface area contributed by atoms with E-state index in [0.29, 0.717) is 25.3 Å². The summed E-state index contributed by atoms with van der Waals surface area (Å²) in [4.78, 5) is 16.1. The van der Waals surface area contributed by atoms with E-state index in [1.54, 1.807) is 6.20 Å². The zero-order chi connectivity index (χ0) is 16.6. The molecule has 2 aromatic rings. The van der Waals surface area contributed by atoms with Gasteiger partial charge in [0.05, 0.1) is 6.20 Å². The third-order valence-electron chi connectivity index (χ3n) is 4.02. The molecule has 1 fully saturated rings. The molecule has 1 saturated carbocycles. The maximum atomic E-state index is 11.8. The number of oxazole rings is 1. The molecule has 0 aliphatic heterocycles. The molecule has 1 aliphatic rings. The summed E-state index contributed by atoms with van der Waals surface area (Å²) < 4.78 is 11.2. The van der Waals surface area contributed by atoms with Crippen LogP contribution < -0.4 is 5.32 Å². The first-order valence-electron chi connectivity index (χ1n) is 8.66. The Kier molecular flexibility index (Phi) is 6.01. The summed E-state index contributed by atoms with van der Waals surface area (Å²) in [6.45, 7) is 2.25. The molecule has 1 aliphatic carbocycles. The van der Waals surface area contributed by atoms with Gasteiger partial charge in [0, 0.05) is 38.2 Å². The molecule has 1 amide bonds. The fraction of sp³-hybridized carbons (Fsp3) is 0.474. The number of hydrogen-bond acceptors (Lipinski definition) is 4. The summed E-state index contributed by atoms with van der Waals surface area (Å²) in [7, 11) is 0. The first-order valence-corrected chi connectivity index (χ1v) is 8.66. The molecule has 1 aromatic carbocycles. The van der Waals surface area contributed by atoms with Crippen LogP contribution in [0.3, 0.4) is 0 Å². The van der Waals surface area contributed by atoms with E-state index in [4.69, 9.17) is 9.15 Å². The summed E-state index contributed by atoms with van der Waals surface area (Å²) >= 11 is 0. The predicted molar refractivity (Wildman–Crippen MR) is 91.4 cm³/mol. The lowest BCUT2D eigenvalue weighted by Crippen LogP contribution is -2.25. The summed E-state index contributed by atoms with van der Waals surface area (Å²) in [5.41, 5.74) is 0.992. The van der Waals surface area contributed by atoms with Crippen LogP contribution in [0.1, 0.15) is 31.6 Å². The number of nitrogens with zero attached hydrogens (tertiary/aromatic N) is 1. The average molecular weight is 328 g/mol. The highest BCUT2D eigenvalue weighted by molar-refractivity contribution is 5.75. The molecule has 0 unspecified atom stereocenters. The van der Waals surface area contributed by atoms with Crippen LogP contribution in [-0.4, -0.2) is 30.6 Å². The van der Waals surface area contributed by atoms with Gasteiger partial charge in [0.1, 0.15) is 0 Å². The van der Waals surface area contributed by atoms with Crippen molar-refractivity contribution in [2.45, 2.75) is 32.1 Å². The molecule has 0 bridgehead atoms. The van der Waals surface area contributed by atoms with Crippen molar-refractivity contribution in [3.05, 3.63) is 42.4 Å². The van der Waals surface area contributed by atoms with Gasteiger partial charge in [-0.15, -0.1) is 0 Å². The van der Waals surface area contributed by atoms with Crippen molar-refractivity contribution in [3.8, 4) is 11.3 Å². The summed E-state index contributed by atoms with van der Waals surface area (Å²) in [5.74, 6) is 2.15. The molecule has 3 rings (SSSR count). The lowest BCUT2D eigenvalue weighted by molar-refractivity contribution is -0.121. The van der Waals surface area contributed by atoms with Crippen LogP contribution in [0, 0.1) is 5.92 Å². The van der Waals surface area contributed by atoms with Gasteiger partial charge in [-0.05, 0) is 25.2 Å². The summed E-state index contributed by atoms with van der Waals surface area (Å²) in [6.07, 6.45) is 6.08. The molecule has 24 heavy (non-hydrogen) atoms. The molecule has 5 nitrogen and oxygen atoms in total. The van der Waals surface area contributed by atoms with Crippen LogP contribution in [0.15, 0.2) is 40.9 Å². The van der Waals surface area contributed by atoms with E-state index in [-0.39, 0.29) is 5.91 Å². The average Bonchev–Trinajstić information content (AvgIpc) is 3.32. The SMILES string of the molecule is O=C(CCc1ncc(-c2ccccc2)o1)NCCCOCC1CC1. The third-order valence-corrected chi connectivity index (χ3v) is 4.02. The van der Waals surface area contributed by atoms with Gasteiger partial charge < -0.3 is 14.5 Å². The number of carbonyl (C=O) groups is 1. The number of ether oxygens (including phenoxy) is 1. The standard InChI is InChI=1S/C19H24N2O3/c22-18(20-11-4-12-23-14-15-7-8-15)9-10-19-21-13-17(24-19)16-5-2-1-3-6-16/h1-3,5-6,13,15H,4,7-12,14H2,(H,20,22). The van der Waals surface area contributed by atoms with Gasteiger partial charge >= 0.3 is 0 Å². The monoisotopic (exact) mass is 328 g/mol. The molecule has 1 N–H and O–H groups in total. The molecule has 1 heterocycles. The minimum absolute atomic E-state index is 0.0247. The highest BCUT2D eigenvalue weighted by atomic mass is 16.5. The van der Waals surface area contributed by atoms with Crippen LogP contribution >= 0.6 is 0 Å². The van der Waals surface area contributed by atoms with Gasteiger partial charge in [-0.3, -0.25) is 4.79 Å². The Labute approximate surface area is 142 Å². The molecule has 0 spiro atoms. The topological polar surface area (TPSA) is 64.4 Å². The number of amides is 1. The molecule has 5 heteroatoms. The Morgan fingerprint density at radius 2 is 2.12 bits per heavy atom. The van der Waals surface area contributed by atoms with E-state index in [1.165, 1.54) is 12.8 Å². The second-order valence-corrected chi connectivity index (χ2v) is 6.21. The van der Waals surface area contributed by atoms with Crippen molar-refractivity contribution in [2.24, 2.45) is 5.92 Å². The normalized spacial score (nSPS) is 13.8. The largest absolute Gasteiger partial charge is 0.441 e. The quantitative estimate of drug-likeness (QED) is 0.680. The third kappa shape index (κ3) is 5.49. The first kappa shape index (κ1) is 16.7. The first-order chi connectivity index (χ1) is 11.8. The fourth-order valence-electron chi connectivity index (χ4n) is 2.41. The van der Waals surface area contributed by atoms with Gasteiger partial charge in [-0.1, -0.05) is 30.3 Å². The molecule has 0 radical (unpaired) electrons. The van der Waals surface area contributed by atoms with Gasteiger partial charge in [0.15, 0.2) is 11.7 Å². The number of aromatic nitrogens is 1. The second kappa shape index (κ2) is 8.64. The van der Waals surface area contributed by atoms with E-state index in [1.807, 2.05) is 30.3 Å². The van der Waals surface area contributed by atoms with E-state index in [2.05, 4.69) is 10.3 Å². The molecule has 1 aromatic heterocycles. The zero-order valence-electron chi connectivity index (χ0n) is 13.9. The van der Waals surface area contributed by atoms with Gasteiger partial charge in [-0.25, -0.2) is 4.98 Å². The lowest BCUT2D eigenvalue weighted by Gasteiger charge is -2.05. The van der Waals surface area contributed by atoms with Crippen LogP contribution in [-0.2, 0) is 16.0 Å². The summed E-state index contributed by atoms with van der Waals surface area (Å²) in [6, 6.07) is 9.82. The highest BCUT2D eigenvalue weighted by Crippen LogP contribution is 2.28. The number of rotatable bonds is 10. The molecule has 128 valence electrons. The number of aryl methyl sites for hydroxylation is 1. The van der Waals surface area contributed by atoms with Crippen molar-refractivity contribution in [3.63, 3.8) is 0 Å². The van der Waals surface area contributed by atoms with Crippen molar-refractivity contribution >= 4 is 5.91 Å². The van der Waals surface area contributed by atoms with Crippen LogP contribution in [0.5, 0.6) is 0 Å². The predicted octanol–water partition coefficient (Wildman–Crippen LogP) is 3.21. The minimum atomic E-state index is 0.0247. The maximum Gasteiger partial charge on any atom is 0.220 e. The Bertz CT molecular complexity index is 635. The molecule has 0 atom stereocenters. The molecular weight excluding hydrogens is 304 g/mol. The number of carbonyl (C=O) groups excluding carboxylic acids is 1. The Balaban J connectivity index is 1.30. The Morgan fingerprint density at radius 3 is 2.92 bits per heavy atom. The Morgan fingerprint density at radius 1 is 1.29 bits per heavy atom. The smallest absolute Gasteiger partial charge is 0.220 e. The van der Waals surface area contributed by atoms with Crippen LogP contribution in [0.2, 0.25) is 0 Å². The second-order valence-electron chi connectivity index (χ2n) is 6.21. The van der Waals surface area contributed by atoms with Crippen molar-refractivity contribution in [1.29, 1.82) is 0 Å². The van der Waals surface area contributed by atoms with Crippen molar-refractivity contribution < 1.29 is 13.9 Å². The lowest BCUT2D eigenvalue weighted by atomic mass is 10.2. The van der Waals surface area contributed by atoms with Crippen molar-refractivity contribution in [2.75, 3.05) is 19.8 Å². The molecular formula is C19H24N2O3. The minimum Gasteiger partial charge on any atom is -0.441 e. The van der Waals surface area contributed by atoms with Gasteiger partial charge in [0.25, 0.3) is 0 Å². The molecule has 0 saturated heterocycles. The summed E-state index contributed by atoms with van der Waals surface area (Å²) in [5, 5.41) is 2.91. The van der Waals surface area contributed by atoms with E-state index in [0.717, 1.165) is 36.9 Å². The number of hydrogen-bond donors (Lipinski definition) is 1. The van der Waals surface area contributed by atoms with Crippen LogP contribution in [0.25, 0.3) is 11.3 Å². The number of benzene rings is 1. The van der Waals surface area contributed by atoms with E-state index >= 15 is 0 Å². The van der Waals surface area contributed by atoms with E-state index < -0.39 is 0 Å². The van der Waals surface area contributed by atoms with Gasteiger partial charge in [0.2, 0.25) is 5.91 Å². The number of nitrogens with one attached hydrogen (secondary N) is 1. The van der Waals surface area contributed by atoms with Crippen molar-refractivity contribution in [1.82, 2.24) is 10.3 Å². The zero-order valence-corrected chi connectivity index (χ0v) is 13.9. The van der Waals surface area contributed by atoms with Crippen LogP contribution in [0.4, 0.5) is 0 Å². The van der Waals surface area contributed by atoms with E-state index in [9.17, 15) is 4.79 Å². The highest BCUT2D eigenvalue weighted by Gasteiger charge is 2.20.